The Balaban J connectivity index is 2.74. The molecule has 1 atom stereocenters. The third kappa shape index (κ3) is 2.10. The number of hydrogen-bond acceptors (Lipinski definition) is 3. The molecule has 2 N–H and O–H groups in total. The summed E-state index contributed by atoms with van der Waals surface area (Å²) in [6, 6.07) is 0.507. The summed E-state index contributed by atoms with van der Waals surface area (Å²) in [6.07, 6.45) is 2.26. The van der Waals surface area contributed by atoms with Crippen molar-refractivity contribution in [2.24, 2.45) is 5.73 Å². The normalized spacial score (nSPS) is 25.3. The average molecular weight is 200 g/mol. The zero-order valence-corrected chi connectivity index (χ0v) is 9.75. The monoisotopic (exact) mass is 200 g/mol. The van der Waals surface area contributed by atoms with Crippen molar-refractivity contribution in [3.05, 3.63) is 0 Å². The van der Waals surface area contributed by atoms with Crippen LogP contribution in [-0.2, 0) is 4.74 Å². The molecule has 1 aliphatic heterocycles. The quantitative estimate of drug-likeness (QED) is 0.741. The van der Waals surface area contributed by atoms with E-state index in [-0.39, 0.29) is 5.54 Å². The molecular formula is C11H24N2O. The van der Waals surface area contributed by atoms with Crippen LogP contribution in [0.3, 0.4) is 0 Å². The van der Waals surface area contributed by atoms with Crippen LogP contribution in [-0.4, -0.2) is 42.8 Å². The van der Waals surface area contributed by atoms with Crippen LogP contribution in [0.1, 0.15) is 33.6 Å². The summed E-state index contributed by atoms with van der Waals surface area (Å²) in [5.74, 6) is 0. The van der Waals surface area contributed by atoms with Gasteiger partial charge in [0.05, 0.1) is 13.2 Å². The zero-order valence-electron chi connectivity index (χ0n) is 9.75. The second-order valence-corrected chi connectivity index (χ2v) is 4.25. The number of hydrogen-bond donors (Lipinski definition) is 1. The van der Waals surface area contributed by atoms with Gasteiger partial charge in [0.15, 0.2) is 0 Å². The number of nitrogens with two attached hydrogens (primary N) is 1. The van der Waals surface area contributed by atoms with Gasteiger partial charge < -0.3 is 10.5 Å². The van der Waals surface area contributed by atoms with Gasteiger partial charge in [0.2, 0.25) is 0 Å². The lowest BCUT2D eigenvalue weighted by molar-refractivity contribution is -0.0593. The fraction of sp³-hybridized carbons (Fsp3) is 1.00. The maximum Gasteiger partial charge on any atom is 0.0620 e. The Morgan fingerprint density at radius 3 is 2.50 bits per heavy atom. The molecule has 1 fully saturated rings. The van der Waals surface area contributed by atoms with E-state index in [0.29, 0.717) is 6.04 Å². The molecule has 0 radical (unpaired) electrons. The van der Waals surface area contributed by atoms with E-state index < -0.39 is 0 Å². The summed E-state index contributed by atoms with van der Waals surface area (Å²) in [4.78, 5) is 2.54. The smallest absolute Gasteiger partial charge is 0.0620 e. The molecule has 1 rings (SSSR count). The molecule has 0 aromatic heterocycles. The third-order valence-electron chi connectivity index (χ3n) is 3.67. The number of morpholine rings is 1. The Labute approximate surface area is 87.6 Å². The van der Waals surface area contributed by atoms with Crippen LogP contribution in [0.5, 0.6) is 0 Å². The van der Waals surface area contributed by atoms with E-state index in [4.69, 9.17) is 10.5 Å². The average Bonchev–Trinajstić information content (AvgIpc) is 2.24. The highest BCUT2D eigenvalue weighted by atomic mass is 16.5. The number of ether oxygens (including phenoxy) is 1. The Morgan fingerprint density at radius 2 is 2.07 bits per heavy atom. The van der Waals surface area contributed by atoms with E-state index in [1.54, 1.807) is 0 Å². The highest BCUT2D eigenvalue weighted by Crippen LogP contribution is 2.26. The van der Waals surface area contributed by atoms with E-state index in [1.165, 1.54) is 0 Å². The first-order chi connectivity index (χ1) is 6.70. The molecule has 0 aromatic rings. The summed E-state index contributed by atoms with van der Waals surface area (Å²) in [7, 11) is 0. The van der Waals surface area contributed by atoms with Crippen LogP contribution in [0.2, 0.25) is 0 Å². The maximum absolute atomic E-state index is 5.94. The molecule has 1 unspecified atom stereocenters. The standard InChI is InChI=1S/C11H24N2O/c1-4-11(5-2,9-12)13-6-7-14-8-10(13)3/h10H,4-9,12H2,1-3H3. The molecule has 0 spiro atoms. The van der Waals surface area contributed by atoms with Crippen molar-refractivity contribution < 1.29 is 4.74 Å². The largest absolute Gasteiger partial charge is 0.379 e. The van der Waals surface area contributed by atoms with Crippen molar-refractivity contribution in [2.75, 3.05) is 26.3 Å². The van der Waals surface area contributed by atoms with Crippen molar-refractivity contribution in [2.45, 2.75) is 45.2 Å². The molecule has 1 heterocycles. The van der Waals surface area contributed by atoms with E-state index in [0.717, 1.165) is 39.1 Å². The first-order valence-corrected chi connectivity index (χ1v) is 5.74. The lowest BCUT2D eigenvalue weighted by Crippen LogP contribution is -2.60. The van der Waals surface area contributed by atoms with Gasteiger partial charge in [0.25, 0.3) is 0 Å². The molecular weight excluding hydrogens is 176 g/mol. The minimum atomic E-state index is 0.198. The van der Waals surface area contributed by atoms with Gasteiger partial charge in [-0.25, -0.2) is 0 Å². The summed E-state index contributed by atoms with van der Waals surface area (Å²) in [6.45, 7) is 10.2. The Hall–Kier alpha value is -0.120. The first kappa shape index (κ1) is 12.0. The van der Waals surface area contributed by atoms with Crippen molar-refractivity contribution in [3.63, 3.8) is 0 Å². The van der Waals surface area contributed by atoms with Crippen molar-refractivity contribution >= 4 is 0 Å². The third-order valence-corrected chi connectivity index (χ3v) is 3.67. The van der Waals surface area contributed by atoms with Gasteiger partial charge in [0.1, 0.15) is 0 Å². The Kier molecular flexibility index (Phi) is 4.35. The minimum absolute atomic E-state index is 0.198. The predicted molar refractivity (Wildman–Crippen MR) is 59.4 cm³/mol. The van der Waals surface area contributed by atoms with Crippen LogP contribution in [0.15, 0.2) is 0 Å². The molecule has 84 valence electrons. The van der Waals surface area contributed by atoms with Crippen molar-refractivity contribution in [1.82, 2.24) is 4.90 Å². The summed E-state index contributed by atoms with van der Waals surface area (Å²) < 4.78 is 5.46. The minimum Gasteiger partial charge on any atom is -0.379 e. The van der Waals surface area contributed by atoms with E-state index >= 15 is 0 Å². The van der Waals surface area contributed by atoms with Gasteiger partial charge in [-0.05, 0) is 19.8 Å². The van der Waals surface area contributed by atoms with Crippen LogP contribution in [0.4, 0.5) is 0 Å². The lowest BCUT2D eigenvalue weighted by Gasteiger charge is -2.48. The molecule has 0 saturated carbocycles. The maximum atomic E-state index is 5.94. The van der Waals surface area contributed by atoms with Crippen molar-refractivity contribution in [3.8, 4) is 0 Å². The molecule has 1 aliphatic rings. The van der Waals surface area contributed by atoms with Gasteiger partial charge in [-0.15, -0.1) is 0 Å². The SMILES string of the molecule is CCC(CC)(CN)N1CCOCC1C. The van der Waals surface area contributed by atoms with Crippen LogP contribution < -0.4 is 5.73 Å². The van der Waals surface area contributed by atoms with E-state index in [9.17, 15) is 0 Å². The molecule has 0 amide bonds. The van der Waals surface area contributed by atoms with Crippen LogP contribution in [0.25, 0.3) is 0 Å². The fourth-order valence-corrected chi connectivity index (χ4v) is 2.49. The molecule has 1 saturated heterocycles. The molecule has 0 aliphatic carbocycles. The Bertz CT molecular complexity index is 160. The highest BCUT2D eigenvalue weighted by molar-refractivity contribution is 4.93. The van der Waals surface area contributed by atoms with Crippen LogP contribution >= 0.6 is 0 Å². The molecule has 0 bridgehead atoms. The van der Waals surface area contributed by atoms with Gasteiger partial charge >= 0.3 is 0 Å². The second-order valence-electron chi connectivity index (χ2n) is 4.25. The summed E-state index contributed by atoms with van der Waals surface area (Å²) >= 11 is 0. The molecule has 3 nitrogen and oxygen atoms in total. The van der Waals surface area contributed by atoms with Gasteiger partial charge in [-0.2, -0.15) is 0 Å². The van der Waals surface area contributed by atoms with Gasteiger partial charge in [-0.1, -0.05) is 13.8 Å². The summed E-state index contributed by atoms with van der Waals surface area (Å²) in [5.41, 5.74) is 6.14. The molecule has 14 heavy (non-hydrogen) atoms. The van der Waals surface area contributed by atoms with Gasteiger partial charge in [-0.3, -0.25) is 4.90 Å². The second kappa shape index (κ2) is 5.10. The van der Waals surface area contributed by atoms with Crippen molar-refractivity contribution in [1.29, 1.82) is 0 Å². The molecule has 0 aromatic carbocycles. The van der Waals surface area contributed by atoms with Gasteiger partial charge in [0, 0.05) is 24.7 Å². The van der Waals surface area contributed by atoms with E-state index in [2.05, 4.69) is 25.7 Å². The number of nitrogens with zero attached hydrogens (tertiary/aromatic N) is 1. The highest BCUT2D eigenvalue weighted by Gasteiger charge is 2.36. The first-order valence-electron chi connectivity index (χ1n) is 5.74. The lowest BCUT2D eigenvalue weighted by atomic mass is 9.89. The Morgan fingerprint density at radius 1 is 1.43 bits per heavy atom. The van der Waals surface area contributed by atoms with Crippen LogP contribution in [0, 0.1) is 0 Å². The number of rotatable bonds is 4. The summed E-state index contributed by atoms with van der Waals surface area (Å²) in [5, 5.41) is 0. The topological polar surface area (TPSA) is 38.5 Å². The van der Waals surface area contributed by atoms with E-state index in [1.807, 2.05) is 0 Å². The fourth-order valence-electron chi connectivity index (χ4n) is 2.49. The predicted octanol–water partition coefficient (Wildman–Crippen LogP) is 1.22. The molecule has 3 heteroatoms. The zero-order chi connectivity index (χ0) is 10.6.